The fourth-order valence-electron chi connectivity index (χ4n) is 2.13. The van der Waals surface area contributed by atoms with Crippen molar-refractivity contribution in [2.45, 2.75) is 39.7 Å². The quantitative estimate of drug-likeness (QED) is 0.640. The van der Waals surface area contributed by atoms with E-state index in [0.717, 1.165) is 6.42 Å². The standard InChI is InChI=1S/C19H27NO6/c1-5-11-25-15-9-7-14(8-10-15)18(22)26-12-16(21)20-17(13(3)6-2)19(23)24-4/h7-10,13,17H,5-6,11-12H2,1-4H3,(H,20,21)/t13-,17-/m1/s1. The van der Waals surface area contributed by atoms with Crippen LogP contribution in [0.25, 0.3) is 0 Å². The third-order valence-corrected chi connectivity index (χ3v) is 3.88. The molecule has 0 fully saturated rings. The van der Waals surface area contributed by atoms with Crippen molar-refractivity contribution in [1.82, 2.24) is 5.32 Å². The van der Waals surface area contributed by atoms with Gasteiger partial charge in [-0.15, -0.1) is 0 Å². The minimum Gasteiger partial charge on any atom is -0.494 e. The van der Waals surface area contributed by atoms with Crippen LogP contribution < -0.4 is 10.1 Å². The van der Waals surface area contributed by atoms with E-state index < -0.39 is 30.5 Å². The highest BCUT2D eigenvalue weighted by Crippen LogP contribution is 2.13. The van der Waals surface area contributed by atoms with Crippen molar-refractivity contribution >= 4 is 17.8 Å². The minimum atomic E-state index is -0.772. The Morgan fingerprint density at radius 1 is 1.12 bits per heavy atom. The van der Waals surface area contributed by atoms with Crippen LogP contribution in [0, 0.1) is 5.92 Å². The monoisotopic (exact) mass is 365 g/mol. The summed E-state index contributed by atoms with van der Waals surface area (Å²) in [7, 11) is 1.26. The molecular weight excluding hydrogens is 338 g/mol. The third kappa shape index (κ3) is 6.74. The molecule has 0 aliphatic rings. The van der Waals surface area contributed by atoms with Gasteiger partial charge in [-0.1, -0.05) is 27.2 Å². The van der Waals surface area contributed by atoms with Gasteiger partial charge >= 0.3 is 11.9 Å². The van der Waals surface area contributed by atoms with Gasteiger partial charge in [0.1, 0.15) is 11.8 Å². The number of hydrogen-bond donors (Lipinski definition) is 1. The molecule has 1 N–H and O–H groups in total. The van der Waals surface area contributed by atoms with Crippen molar-refractivity contribution in [2.24, 2.45) is 5.92 Å². The number of ether oxygens (including phenoxy) is 3. The Kier molecular flexibility index (Phi) is 9.19. The van der Waals surface area contributed by atoms with Crippen molar-refractivity contribution in [3.8, 4) is 5.75 Å². The Bertz CT molecular complexity index is 599. The van der Waals surface area contributed by atoms with Crippen molar-refractivity contribution in [1.29, 1.82) is 0 Å². The number of rotatable bonds is 10. The van der Waals surface area contributed by atoms with Crippen molar-refractivity contribution in [3.63, 3.8) is 0 Å². The van der Waals surface area contributed by atoms with Crippen LogP contribution in [0.2, 0.25) is 0 Å². The summed E-state index contributed by atoms with van der Waals surface area (Å²) in [5, 5.41) is 2.55. The molecule has 0 aliphatic carbocycles. The maximum Gasteiger partial charge on any atom is 0.338 e. The van der Waals surface area contributed by atoms with Crippen LogP contribution in [-0.4, -0.2) is 44.2 Å². The molecule has 7 heteroatoms. The van der Waals surface area contributed by atoms with Crippen LogP contribution >= 0.6 is 0 Å². The lowest BCUT2D eigenvalue weighted by molar-refractivity contribution is -0.147. The summed E-state index contributed by atoms with van der Waals surface area (Å²) in [5.74, 6) is -1.15. The largest absolute Gasteiger partial charge is 0.494 e. The average molecular weight is 365 g/mol. The van der Waals surface area contributed by atoms with E-state index >= 15 is 0 Å². The molecular formula is C19H27NO6. The molecule has 0 spiro atoms. The van der Waals surface area contributed by atoms with Crippen LogP contribution in [-0.2, 0) is 19.1 Å². The van der Waals surface area contributed by atoms with Gasteiger partial charge in [-0.05, 0) is 36.6 Å². The van der Waals surface area contributed by atoms with Crippen molar-refractivity contribution < 1.29 is 28.6 Å². The normalized spacial score (nSPS) is 12.6. The molecule has 0 bridgehead atoms. The van der Waals surface area contributed by atoms with E-state index in [2.05, 4.69) is 5.32 Å². The molecule has 0 radical (unpaired) electrons. The summed E-state index contributed by atoms with van der Waals surface area (Å²) in [6.07, 6.45) is 1.58. The summed E-state index contributed by atoms with van der Waals surface area (Å²) in [4.78, 5) is 35.7. The lowest BCUT2D eigenvalue weighted by Gasteiger charge is -2.21. The van der Waals surface area contributed by atoms with E-state index in [1.54, 1.807) is 24.3 Å². The van der Waals surface area contributed by atoms with Crippen LogP contribution in [0.1, 0.15) is 44.0 Å². The highest BCUT2D eigenvalue weighted by Gasteiger charge is 2.27. The van der Waals surface area contributed by atoms with Crippen molar-refractivity contribution in [2.75, 3.05) is 20.3 Å². The van der Waals surface area contributed by atoms with E-state index in [4.69, 9.17) is 14.2 Å². The number of benzene rings is 1. The molecule has 0 heterocycles. The molecule has 0 unspecified atom stereocenters. The number of methoxy groups -OCH3 is 1. The molecule has 1 aromatic carbocycles. The van der Waals surface area contributed by atoms with Gasteiger partial charge in [-0.25, -0.2) is 9.59 Å². The Balaban J connectivity index is 2.54. The Hall–Kier alpha value is -2.57. The number of amides is 1. The number of esters is 2. The molecule has 0 saturated carbocycles. The molecule has 1 rings (SSSR count). The summed E-state index contributed by atoms with van der Waals surface area (Å²) >= 11 is 0. The number of hydrogen-bond acceptors (Lipinski definition) is 6. The van der Waals surface area contributed by atoms with Gasteiger partial charge < -0.3 is 19.5 Å². The van der Waals surface area contributed by atoms with E-state index in [1.807, 2.05) is 20.8 Å². The van der Waals surface area contributed by atoms with Crippen LogP contribution in [0.5, 0.6) is 5.75 Å². The first-order valence-corrected chi connectivity index (χ1v) is 8.70. The topological polar surface area (TPSA) is 90.9 Å². The summed E-state index contributed by atoms with van der Waals surface area (Å²) in [6.45, 7) is 5.86. The second kappa shape index (κ2) is 11.1. The molecule has 1 aromatic rings. The predicted octanol–water partition coefficient (Wildman–Crippen LogP) is 2.34. The molecule has 0 saturated heterocycles. The van der Waals surface area contributed by atoms with Crippen molar-refractivity contribution in [3.05, 3.63) is 29.8 Å². The summed E-state index contributed by atoms with van der Waals surface area (Å²) < 4.78 is 15.1. The van der Waals surface area contributed by atoms with E-state index in [9.17, 15) is 14.4 Å². The maximum absolute atomic E-state index is 12.0. The number of carbonyl (C=O) groups is 3. The second-order valence-corrected chi connectivity index (χ2v) is 5.90. The zero-order chi connectivity index (χ0) is 19.5. The zero-order valence-electron chi connectivity index (χ0n) is 15.7. The SMILES string of the molecule is CCCOc1ccc(C(=O)OCC(=O)N[C@@H](C(=O)OC)[C@H](C)CC)cc1. The van der Waals surface area contributed by atoms with E-state index in [-0.39, 0.29) is 5.92 Å². The first-order valence-electron chi connectivity index (χ1n) is 8.70. The van der Waals surface area contributed by atoms with Crippen LogP contribution in [0.4, 0.5) is 0 Å². The van der Waals surface area contributed by atoms with E-state index in [0.29, 0.717) is 24.3 Å². The molecule has 0 aromatic heterocycles. The molecule has 7 nitrogen and oxygen atoms in total. The molecule has 26 heavy (non-hydrogen) atoms. The predicted molar refractivity (Wildman–Crippen MR) is 95.9 cm³/mol. The average Bonchev–Trinajstić information content (AvgIpc) is 2.67. The van der Waals surface area contributed by atoms with Gasteiger partial charge in [0.15, 0.2) is 6.61 Å². The lowest BCUT2D eigenvalue weighted by atomic mass is 9.99. The van der Waals surface area contributed by atoms with Crippen LogP contribution in [0.3, 0.4) is 0 Å². The lowest BCUT2D eigenvalue weighted by Crippen LogP contribution is -2.47. The molecule has 2 atom stereocenters. The molecule has 0 aliphatic heterocycles. The second-order valence-electron chi connectivity index (χ2n) is 5.90. The van der Waals surface area contributed by atoms with Gasteiger partial charge in [-0.3, -0.25) is 4.79 Å². The summed E-state index contributed by atoms with van der Waals surface area (Å²) in [6, 6.07) is 5.71. The van der Waals surface area contributed by atoms with Gasteiger partial charge in [-0.2, -0.15) is 0 Å². The first kappa shape index (κ1) is 21.5. The Morgan fingerprint density at radius 2 is 1.77 bits per heavy atom. The first-order chi connectivity index (χ1) is 12.4. The van der Waals surface area contributed by atoms with Gasteiger partial charge in [0.05, 0.1) is 19.3 Å². The fourth-order valence-corrected chi connectivity index (χ4v) is 2.13. The summed E-state index contributed by atoms with van der Waals surface area (Å²) in [5.41, 5.74) is 0.313. The van der Waals surface area contributed by atoms with Gasteiger partial charge in [0.2, 0.25) is 0 Å². The fraction of sp³-hybridized carbons (Fsp3) is 0.526. The minimum absolute atomic E-state index is 0.0993. The van der Waals surface area contributed by atoms with Gasteiger partial charge in [0.25, 0.3) is 5.91 Å². The van der Waals surface area contributed by atoms with Crippen LogP contribution in [0.15, 0.2) is 24.3 Å². The Morgan fingerprint density at radius 3 is 2.31 bits per heavy atom. The third-order valence-electron chi connectivity index (χ3n) is 3.88. The van der Waals surface area contributed by atoms with Gasteiger partial charge in [0, 0.05) is 0 Å². The van der Waals surface area contributed by atoms with E-state index in [1.165, 1.54) is 7.11 Å². The molecule has 1 amide bonds. The smallest absolute Gasteiger partial charge is 0.338 e. The number of carbonyl (C=O) groups excluding carboxylic acids is 3. The Labute approximate surface area is 154 Å². The highest BCUT2D eigenvalue weighted by atomic mass is 16.5. The number of nitrogens with one attached hydrogen (secondary N) is 1. The molecule has 144 valence electrons. The maximum atomic E-state index is 12.0. The highest BCUT2D eigenvalue weighted by molar-refractivity contribution is 5.92. The zero-order valence-corrected chi connectivity index (χ0v) is 15.7.